The summed E-state index contributed by atoms with van der Waals surface area (Å²) in [5, 5.41) is 0. The van der Waals surface area contributed by atoms with E-state index in [4.69, 9.17) is 4.74 Å². The van der Waals surface area contributed by atoms with Gasteiger partial charge < -0.3 is 4.74 Å². The molecule has 0 saturated heterocycles. The number of ether oxygens (including phenoxy) is 1. The quantitative estimate of drug-likeness (QED) is 0.463. The number of hydrogen-bond acceptors (Lipinski definition) is 3. The molecule has 96 valence electrons. The third kappa shape index (κ3) is 3.55. The fourth-order valence-electron chi connectivity index (χ4n) is 1.82. The molecule has 0 aliphatic rings. The first-order chi connectivity index (χ1) is 8.60. The van der Waals surface area contributed by atoms with Gasteiger partial charge in [0.15, 0.2) is 0 Å². The van der Waals surface area contributed by atoms with Gasteiger partial charge in [-0.15, -0.1) is 0 Å². The lowest BCUT2D eigenvalue weighted by molar-refractivity contribution is -0.136. The Labute approximate surface area is 108 Å². The van der Waals surface area contributed by atoms with Gasteiger partial charge in [-0.1, -0.05) is 13.0 Å². The molecule has 18 heavy (non-hydrogen) atoms. The minimum Gasteiger partial charge on any atom is -0.466 e. The zero-order chi connectivity index (χ0) is 13.5. The van der Waals surface area contributed by atoms with Gasteiger partial charge in [0.1, 0.15) is 0 Å². The van der Waals surface area contributed by atoms with E-state index in [-0.39, 0.29) is 5.97 Å². The highest BCUT2D eigenvalue weighted by Gasteiger charge is 2.09. The van der Waals surface area contributed by atoms with E-state index in [1.165, 1.54) is 7.11 Å². The van der Waals surface area contributed by atoms with Gasteiger partial charge in [0.05, 0.1) is 7.11 Å². The van der Waals surface area contributed by atoms with Crippen LogP contribution < -0.4 is 0 Å². The third-order valence-corrected chi connectivity index (χ3v) is 2.83. The van der Waals surface area contributed by atoms with Gasteiger partial charge in [-0.25, -0.2) is 4.79 Å². The molecule has 0 aliphatic carbocycles. The van der Waals surface area contributed by atoms with E-state index in [1.807, 2.05) is 39.0 Å². The fraction of sp³-hybridized carbons (Fsp3) is 0.333. The monoisotopic (exact) mass is 245 g/mol. The second kappa shape index (κ2) is 6.74. The van der Waals surface area contributed by atoms with Gasteiger partial charge in [0.2, 0.25) is 0 Å². The minimum absolute atomic E-state index is 0.256. The molecule has 1 aromatic heterocycles. The molecule has 0 saturated carbocycles. The van der Waals surface area contributed by atoms with Crippen LogP contribution >= 0.6 is 0 Å². The molecule has 3 nitrogen and oxygen atoms in total. The van der Waals surface area contributed by atoms with Gasteiger partial charge in [0, 0.05) is 18.0 Å². The zero-order valence-electron chi connectivity index (χ0n) is 11.4. The number of pyridine rings is 1. The SMILES string of the molecule is CC/C(C(=O)OC)=C(C)\C=C(/C)c1ccncc1. The van der Waals surface area contributed by atoms with Crippen molar-refractivity contribution in [3.63, 3.8) is 0 Å². The Morgan fingerprint density at radius 2 is 1.94 bits per heavy atom. The molecule has 0 aromatic carbocycles. The van der Waals surface area contributed by atoms with Crippen molar-refractivity contribution in [2.75, 3.05) is 7.11 Å². The minimum atomic E-state index is -0.256. The second-order valence-corrected chi connectivity index (χ2v) is 4.07. The lowest BCUT2D eigenvalue weighted by Gasteiger charge is -2.07. The number of carbonyl (C=O) groups is 1. The molecule has 3 heteroatoms. The lowest BCUT2D eigenvalue weighted by Crippen LogP contribution is -2.05. The average molecular weight is 245 g/mol. The van der Waals surface area contributed by atoms with Crippen LogP contribution in [0.5, 0.6) is 0 Å². The smallest absolute Gasteiger partial charge is 0.333 e. The standard InChI is InChI=1S/C15H19NO2/c1-5-14(15(17)18-4)12(3)10-11(2)13-6-8-16-9-7-13/h6-10H,5H2,1-4H3/b11-10+,14-12+. The predicted molar refractivity (Wildman–Crippen MR) is 72.9 cm³/mol. The van der Waals surface area contributed by atoms with Crippen LogP contribution in [-0.4, -0.2) is 18.1 Å². The van der Waals surface area contributed by atoms with Crippen molar-refractivity contribution in [2.45, 2.75) is 27.2 Å². The number of esters is 1. The number of rotatable bonds is 4. The summed E-state index contributed by atoms with van der Waals surface area (Å²) in [5.41, 5.74) is 3.86. The Hall–Kier alpha value is -1.90. The Morgan fingerprint density at radius 1 is 1.33 bits per heavy atom. The van der Waals surface area contributed by atoms with E-state index >= 15 is 0 Å². The lowest BCUT2D eigenvalue weighted by atomic mass is 10.0. The molecule has 0 radical (unpaired) electrons. The van der Waals surface area contributed by atoms with Crippen LogP contribution in [-0.2, 0) is 9.53 Å². The summed E-state index contributed by atoms with van der Waals surface area (Å²) in [6.45, 7) is 5.90. The van der Waals surface area contributed by atoms with Crippen LogP contribution in [0, 0.1) is 0 Å². The fourth-order valence-corrected chi connectivity index (χ4v) is 1.82. The van der Waals surface area contributed by atoms with E-state index in [2.05, 4.69) is 4.98 Å². The highest BCUT2D eigenvalue weighted by Crippen LogP contribution is 2.18. The molecule has 0 atom stereocenters. The normalized spacial score (nSPS) is 13.0. The van der Waals surface area contributed by atoms with Crippen molar-refractivity contribution < 1.29 is 9.53 Å². The Balaban J connectivity index is 3.07. The van der Waals surface area contributed by atoms with Crippen molar-refractivity contribution in [3.05, 3.63) is 47.3 Å². The number of allylic oxidation sites excluding steroid dienone is 3. The molecule has 0 aliphatic heterocycles. The van der Waals surface area contributed by atoms with E-state index in [9.17, 15) is 4.79 Å². The van der Waals surface area contributed by atoms with Crippen LogP contribution in [0.1, 0.15) is 32.8 Å². The van der Waals surface area contributed by atoms with Crippen molar-refractivity contribution in [1.29, 1.82) is 0 Å². The van der Waals surface area contributed by atoms with Crippen LogP contribution in [0.3, 0.4) is 0 Å². The number of methoxy groups -OCH3 is 1. The molecule has 1 rings (SSSR count). The van der Waals surface area contributed by atoms with Crippen LogP contribution in [0.2, 0.25) is 0 Å². The summed E-state index contributed by atoms with van der Waals surface area (Å²) in [6.07, 6.45) is 6.18. The first-order valence-corrected chi connectivity index (χ1v) is 5.96. The molecule has 1 aromatic rings. The van der Waals surface area contributed by atoms with Gasteiger partial charge in [-0.2, -0.15) is 0 Å². The summed E-state index contributed by atoms with van der Waals surface area (Å²) in [5.74, 6) is -0.256. The molecule has 0 unspecified atom stereocenters. The van der Waals surface area contributed by atoms with Gasteiger partial charge in [-0.3, -0.25) is 4.98 Å². The highest BCUT2D eigenvalue weighted by molar-refractivity contribution is 5.90. The highest BCUT2D eigenvalue weighted by atomic mass is 16.5. The maximum Gasteiger partial charge on any atom is 0.333 e. The first kappa shape index (κ1) is 14.2. The number of nitrogens with zero attached hydrogens (tertiary/aromatic N) is 1. The summed E-state index contributed by atoms with van der Waals surface area (Å²) < 4.78 is 4.78. The predicted octanol–water partition coefficient (Wildman–Crippen LogP) is 3.38. The third-order valence-electron chi connectivity index (χ3n) is 2.83. The average Bonchev–Trinajstić information content (AvgIpc) is 2.40. The number of hydrogen-bond donors (Lipinski definition) is 0. The van der Waals surface area contributed by atoms with Crippen LogP contribution in [0.25, 0.3) is 5.57 Å². The van der Waals surface area contributed by atoms with Crippen molar-refractivity contribution in [2.24, 2.45) is 0 Å². The Morgan fingerprint density at radius 3 is 2.44 bits per heavy atom. The summed E-state index contributed by atoms with van der Waals surface area (Å²) in [4.78, 5) is 15.6. The van der Waals surface area contributed by atoms with E-state index in [0.717, 1.165) is 16.7 Å². The van der Waals surface area contributed by atoms with Crippen molar-refractivity contribution >= 4 is 11.5 Å². The molecule has 0 fully saturated rings. The molecule has 0 spiro atoms. The Kier molecular flexibility index (Phi) is 5.31. The maximum atomic E-state index is 11.6. The van der Waals surface area contributed by atoms with Crippen molar-refractivity contribution in [3.8, 4) is 0 Å². The second-order valence-electron chi connectivity index (χ2n) is 4.07. The van der Waals surface area contributed by atoms with Gasteiger partial charge >= 0.3 is 5.97 Å². The van der Waals surface area contributed by atoms with Gasteiger partial charge in [0.25, 0.3) is 0 Å². The molecular weight excluding hydrogens is 226 g/mol. The Bertz CT molecular complexity index is 473. The van der Waals surface area contributed by atoms with E-state index < -0.39 is 0 Å². The number of aromatic nitrogens is 1. The molecule has 0 N–H and O–H groups in total. The largest absolute Gasteiger partial charge is 0.466 e. The first-order valence-electron chi connectivity index (χ1n) is 5.96. The van der Waals surface area contributed by atoms with Crippen LogP contribution in [0.4, 0.5) is 0 Å². The van der Waals surface area contributed by atoms with E-state index in [1.54, 1.807) is 12.4 Å². The van der Waals surface area contributed by atoms with Crippen LogP contribution in [0.15, 0.2) is 41.7 Å². The molecular formula is C15H19NO2. The molecule has 0 amide bonds. The maximum absolute atomic E-state index is 11.6. The zero-order valence-corrected chi connectivity index (χ0v) is 11.4. The summed E-state index contributed by atoms with van der Waals surface area (Å²) >= 11 is 0. The topological polar surface area (TPSA) is 39.2 Å². The molecule has 0 bridgehead atoms. The summed E-state index contributed by atoms with van der Waals surface area (Å²) in [6, 6.07) is 3.89. The molecule has 1 heterocycles. The van der Waals surface area contributed by atoms with Gasteiger partial charge in [-0.05, 0) is 49.1 Å². The van der Waals surface area contributed by atoms with Crippen molar-refractivity contribution in [1.82, 2.24) is 4.98 Å². The van der Waals surface area contributed by atoms with E-state index in [0.29, 0.717) is 12.0 Å². The number of carbonyl (C=O) groups excluding carboxylic acids is 1. The summed E-state index contributed by atoms with van der Waals surface area (Å²) in [7, 11) is 1.41.